The largest absolute Gasteiger partial charge is 0.479 e. The van der Waals surface area contributed by atoms with Crippen LogP contribution in [0.1, 0.15) is 19.3 Å². The van der Waals surface area contributed by atoms with E-state index in [2.05, 4.69) is 5.32 Å². The highest BCUT2D eigenvalue weighted by Crippen LogP contribution is 2.23. The van der Waals surface area contributed by atoms with Crippen molar-refractivity contribution < 1.29 is 4.74 Å². The summed E-state index contributed by atoms with van der Waals surface area (Å²) in [5.41, 5.74) is 1.50. The van der Waals surface area contributed by atoms with Gasteiger partial charge in [0.1, 0.15) is 0 Å². The SMILES string of the molecule is C1COC2=C(C1)CCN2. The molecule has 0 aromatic carbocycles. The molecule has 0 amide bonds. The van der Waals surface area contributed by atoms with Crippen molar-refractivity contribution in [3.8, 4) is 0 Å². The lowest BCUT2D eigenvalue weighted by Gasteiger charge is -2.14. The van der Waals surface area contributed by atoms with E-state index in [1.807, 2.05) is 0 Å². The van der Waals surface area contributed by atoms with Crippen LogP contribution in [0.2, 0.25) is 0 Å². The fourth-order valence-corrected chi connectivity index (χ4v) is 1.42. The van der Waals surface area contributed by atoms with Crippen LogP contribution in [0.25, 0.3) is 0 Å². The molecule has 0 atom stereocenters. The zero-order valence-corrected chi connectivity index (χ0v) is 5.44. The Morgan fingerprint density at radius 1 is 1.33 bits per heavy atom. The number of hydrogen-bond donors (Lipinski definition) is 1. The Morgan fingerprint density at radius 2 is 2.33 bits per heavy atom. The molecule has 0 unspecified atom stereocenters. The van der Waals surface area contributed by atoms with E-state index < -0.39 is 0 Å². The summed E-state index contributed by atoms with van der Waals surface area (Å²) in [6, 6.07) is 0. The van der Waals surface area contributed by atoms with E-state index in [9.17, 15) is 0 Å². The van der Waals surface area contributed by atoms with Crippen LogP contribution in [-0.2, 0) is 4.74 Å². The minimum atomic E-state index is 0.909. The van der Waals surface area contributed by atoms with Gasteiger partial charge in [-0.2, -0.15) is 0 Å². The molecule has 0 bridgehead atoms. The summed E-state index contributed by atoms with van der Waals surface area (Å²) in [5.74, 6) is 1.08. The molecule has 0 spiro atoms. The smallest absolute Gasteiger partial charge is 0.185 e. The predicted molar refractivity (Wildman–Crippen MR) is 34.8 cm³/mol. The summed E-state index contributed by atoms with van der Waals surface area (Å²) in [7, 11) is 0. The second kappa shape index (κ2) is 1.94. The molecule has 2 rings (SSSR count). The van der Waals surface area contributed by atoms with Gasteiger partial charge >= 0.3 is 0 Å². The van der Waals surface area contributed by atoms with Crippen LogP contribution in [-0.4, -0.2) is 13.2 Å². The lowest BCUT2D eigenvalue weighted by Crippen LogP contribution is -2.13. The molecule has 0 aromatic rings. The molecule has 2 heteroatoms. The molecule has 0 fully saturated rings. The van der Waals surface area contributed by atoms with Crippen molar-refractivity contribution in [1.29, 1.82) is 0 Å². The van der Waals surface area contributed by atoms with Gasteiger partial charge in [0.2, 0.25) is 0 Å². The van der Waals surface area contributed by atoms with Crippen molar-refractivity contribution in [2.45, 2.75) is 19.3 Å². The molecular weight excluding hydrogens is 114 g/mol. The van der Waals surface area contributed by atoms with Gasteiger partial charge in [0.15, 0.2) is 5.88 Å². The van der Waals surface area contributed by atoms with Gasteiger partial charge in [-0.15, -0.1) is 0 Å². The van der Waals surface area contributed by atoms with Crippen molar-refractivity contribution in [2.75, 3.05) is 13.2 Å². The van der Waals surface area contributed by atoms with Gasteiger partial charge in [0, 0.05) is 6.54 Å². The molecule has 0 aliphatic carbocycles. The summed E-state index contributed by atoms with van der Waals surface area (Å²) in [5, 5.41) is 3.22. The van der Waals surface area contributed by atoms with Gasteiger partial charge in [-0.25, -0.2) is 0 Å². The van der Waals surface area contributed by atoms with Crippen molar-refractivity contribution in [3.05, 3.63) is 11.5 Å². The second-order valence-corrected chi connectivity index (χ2v) is 2.56. The lowest BCUT2D eigenvalue weighted by atomic mass is 10.1. The molecule has 2 nitrogen and oxygen atoms in total. The highest BCUT2D eigenvalue weighted by Gasteiger charge is 2.17. The van der Waals surface area contributed by atoms with E-state index in [-0.39, 0.29) is 0 Å². The highest BCUT2D eigenvalue weighted by atomic mass is 16.5. The molecule has 0 saturated heterocycles. The molecule has 0 radical (unpaired) electrons. The van der Waals surface area contributed by atoms with Crippen molar-refractivity contribution >= 4 is 0 Å². The van der Waals surface area contributed by atoms with E-state index in [0.717, 1.165) is 19.0 Å². The minimum absolute atomic E-state index is 0.909. The average molecular weight is 125 g/mol. The maximum Gasteiger partial charge on any atom is 0.185 e. The molecule has 50 valence electrons. The van der Waals surface area contributed by atoms with Crippen molar-refractivity contribution in [2.24, 2.45) is 0 Å². The maximum atomic E-state index is 5.37. The number of nitrogens with one attached hydrogen (secondary N) is 1. The number of hydrogen-bond acceptors (Lipinski definition) is 2. The standard InChI is InChI=1S/C7H11NO/c1-2-6-3-4-8-7(6)9-5-1/h8H,1-5H2. The van der Waals surface area contributed by atoms with Crippen molar-refractivity contribution in [3.63, 3.8) is 0 Å². The van der Waals surface area contributed by atoms with Crippen LogP contribution >= 0.6 is 0 Å². The zero-order chi connectivity index (χ0) is 6.10. The number of ether oxygens (including phenoxy) is 1. The van der Waals surface area contributed by atoms with Crippen LogP contribution in [0.5, 0.6) is 0 Å². The topological polar surface area (TPSA) is 21.3 Å². The first-order valence-corrected chi connectivity index (χ1v) is 3.55. The monoisotopic (exact) mass is 125 g/mol. The molecule has 1 N–H and O–H groups in total. The molecule has 0 aromatic heterocycles. The summed E-state index contributed by atoms with van der Waals surface area (Å²) in [6.45, 7) is 2.00. The highest BCUT2D eigenvalue weighted by molar-refractivity contribution is 5.14. The molecular formula is C7H11NO. The van der Waals surface area contributed by atoms with Gasteiger partial charge < -0.3 is 10.1 Å². The van der Waals surface area contributed by atoms with E-state index in [0.29, 0.717) is 0 Å². The van der Waals surface area contributed by atoms with Crippen LogP contribution < -0.4 is 5.32 Å². The van der Waals surface area contributed by atoms with Gasteiger partial charge in [0.05, 0.1) is 6.61 Å². The summed E-state index contributed by atoms with van der Waals surface area (Å²) in [6.07, 6.45) is 3.66. The Morgan fingerprint density at radius 3 is 3.22 bits per heavy atom. The molecule has 2 heterocycles. The summed E-state index contributed by atoms with van der Waals surface area (Å²) < 4.78 is 5.37. The average Bonchev–Trinajstić information content (AvgIpc) is 2.33. The predicted octanol–water partition coefficient (Wildman–Crippen LogP) is 1.00. The van der Waals surface area contributed by atoms with Gasteiger partial charge in [0.25, 0.3) is 0 Å². The van der Waals surface area contributed by atoms with Crippen LogP contribution in [0.15, 0.2) is 11.5 Å². The third-order valence-corrected chi connectivity index (χ3v) is 1.90. The maximum absolute atomic E-state index is 5.37. The molecule has 2 aliphatic heterocycles. The Balaban J connectivity index is 2.17. The van der Waals surface area contributed by atoms with E-state index >= 15 is 0 Å². The third kappa shape index (κ3) is 0.784. The van der Waals surface area contributed by atoms with E-state index in [4.69, 9.17) is 4.74 Å². The number of rotatable bonds is 0. The minimum Gasteiger partial charge on any atom is -0.479 e. The fourth-order valence-electron chi connectivity index (χ4n) is 1.42. The quantitative estimate of drug-likeness (QED) is 0.521. The van der Waals surface area contributed by atoms with Crippen LogP contribution in [0.3, 0.4) is 0 Å². The van der Waals surface area contributed by atoms with Crippen LogP contribution in [0.4, 0.5) is 0 Å². The van der Waals surface area contributed by atoms with Gasteiger partial charge in [-0.3, -0.25) is 0 Å². The Labute approximate surface area is 54.9 Å². The van der Waals surface area contributed by atoms with Gasteiger partial charge in [-0.1, -0.05) is 0 Å². The summed E-state index contributed by atoms with van der Waals surface area (Å²) >= 11 is 0. The molecule has 0 saturated carbocycles. The Kier molecular flexibility index (Phi) is 1.11. The second-order valence-electron chi connectivity index (χ2n) is 2.56. The molecule has 9 heavy (non-hydrogen) atoms. The third-order valence-electron chi connectivity index (χ3n) is 1.90. The normalized spacial score (nSPS) is 24.9. The van der Waals surface area contributed by atoms with E-state index in [1.54, 1.807) is 0 Å². The Bertz CT molecular complexity index is 135. The van der Waals surface area contributed by atoms with Crippen molar-refractivity contribution in [1.82, 2.24) is 5.32 Å². The van der Waals surface area contributed by atoms with Crippen LogP contribution in [0, 0.1) is 0 Å². The first-order valence-electron chi connectivity index (χ1n) is 3.55. The van der Waals surface area contributed by atoms with E-state index in [1.165, 1.54) is 24.8 Å². The fraction of sp³-hybridized carbons (Fsp3) is 0.714. The lowest BCUT2D eigenvalue weighted by molar-refractivity contribution is 0.176. The molecule has 2 aliphatic rings. The summed E-state index contributed by atoms with van der Waals surface area (Å²) in [4.78, 5) is 0. The zero-order valence-electron chi connectivity index (χ0n) is 5.44. The Hall–Kier alpha value is -0.660. The first kappa shape index (κ1) is 5.15. The van der Waals surface area contributed by atoms with Gasteiger partial charge in [-0.05, 0) is 24.8 Å². The first-order chi connectivity index (χ1) is 4.47.